The number of amides is 1. The largest absolute Gasteiger partial charge is 0.481 e. The Balaban J connectivity index is 2.25. The molecule has 1 fully saturated rings. The van der Waals surface area contributed by atoms with Gasteiger partial charge < -0.3 is 16.2 Å². The highest BCUT2D eigenvalue weighted by molar-refractivity contribution is 7.99. The molecule has 0 atom stereocenters. The van der Waals surface area contributed by atoms with Crippen LogP contribution in [0.2, 0.25) is 0 Å². The zero-order valence-corrected chi connectivity index (χ0v) is 12.1. The quantitative estimate of drug-likeness (QED) is 0.555. The van der Waals surface area contributed by atoms with Gasteiger partial charge in [-0.05, 0) is 18.3 Å². The third-order valence-corrected chi connectivity index (χ3v) is 4.59. The number of nitrogens with two attached hydrogens (primary N) is 1. The summed E-state index contributed by atoms with van der Waals surface area (Å²) >= 11 is 1.51. The minimum absolute atomic E-state index is 0.0710. The van der Waals surface area contributed by atoms with Gasteiger partial charge in [0.05, 0.1) is 12.2 Å². The molecule has 0 spiro atoms. The van der Waals surface area contributed by atoms with Gasteiger partial charge in [0.15, 0.2) is 0 Å². The van der Waals surface area contributed by atoms with Crippen LogP contribution in [-0.2, 0) is 9.59 Å². The number of carboxylic acids is 1. The number of carboxylic acid groups (broad SMARTS) is 1. The Morgan fingerprint density at radius 1 is 1.26 bits per heavy atom. The molecular weight excluding hydrogens is 264 g/mol. The van der Waals surface area contributed by atoms with Gasteiger partial charge in [-0.2, -0.15) is 11.8 Å². The minimum atomic E-state index is -0.702. The Morgan fingerprint density at radius 3 is 2.53 bits per heavy atom. The molecule has 110 valence electrons. The monoisotopic (exact) mass is 288 g/mol. The molecule has 1 rings (SSSR count). The van der Waals surface area contributed by atoms with E-state index in [-0.39, 0.29) is 17.7 Å². The summed E-state index contributed by atoms with van der Waals surface area (Å²) < 4.78 is 0. The molecule has 0 bridgehead atoms. The zero-order valence-electron chi connectivity index (χ0n) is 11.3. The van der Waals surface area contributed by atoms with Crippen LogP contribution in [0.4, 0.5) is 0 Å². The summed E-state index contributed by atoms with van der Waals surface area (Å²) in [6, 6.07) is 0. The number of carbonyl (C=O) groups is 2. The van der Waals surface area contributed by atoms with Crippen molar-refractivity contribution < 1.29 is 14.7 Å². The number of rotatable bonds is 9. The lowest BCUT2D eigenvalue weighted by atomic mass is 9.72. The molecule has 0 aromatic rings. The van der Waals surface area contributed by atoms with Crippen molar-refractivity contribution in [2.45, 2.75) is 38.5 Å². The molecule has 0 heterocycles. The lowest BCUT2D eigenvalue weighted by Crippen LogP contribution is -2.38. The van der Waals surface area contributed by atoms with Crippen molar-refractivity contribution >= 4 is 23.6 Å². The normalized spacial score (nSPS) is 18.1. The summed E-state index contributed by atoms with van der Waals surface area (Å²) in [6.07, 6.45) is 5.74. The number of hydrogen-bond donors (Lipinski definition) is 3. The maximum absolute atomic E-state index is 11.0. The van der Waals surface area contributed by atoms with Gasteiger partial charge in [0, 0.05) is 18.8 Å². The van der Waals surface area contributed by atoms with E-state index in [0.29, 0.717) is 5.75 Å². The van der Waals surface area contributed by atoms with E-state index in [4.69, 9.17) is 10.8 Å². The van der Waals surface area contributed by atoms with E-state index in [9.17, 15) is 9.59 Å². The summed E-state index contributed by atoms with van der Waals surface area (Å²) in [6.45, 7) is 1.55. The SMILES string of the molecule is NC(=O)CSCCNCC1(CC(=O)O)CCCCC1. The molecule has 1 saturated carbocycles. The second-order valence-corrected chi connectivity index (χ2v) is 6.43. The van der Waals surface area contributed by atoms with Gasteiger partial charge in [-0.25, -0.2) is 0 Å². The van der Waals surface area contributed by atoms with Gasteiger partial charge in [0.1, 0.15) is 0 Å². The third-order valence-electron chi connectivity index (χ3n) is 3.61. The van der Waals surface area contributed by atoms with Crippen LogP contribution >= 0.6 is 11.8 Å². The van der Waals surface area contributed by atoms with Crippen molar-refractivity contribution in [3.8, 4) is 0 Å². The lowest BCUT2D eigenvalue weighted by molar-refractivity contribution is -0.140. The zero-order chi connectivity index (χ0) is 14.1. The standard InChI is InChI=1S/C13H24N2O3S/c14-11(16)9-19-7-6-15-10-13(8-12(17)18)4-2-1-3-5-13/h15H,1-10H2,(H2,14,16)(H,17,18). The first kappa shape index (κ1) is 16.3. The highest BCUT2D eigenvalue weighted by Gasteiger charge is 2.33. The van der Waals surface area contributed by atoms with Crippen molar-refractivity contribution in [3.63, 3.8) is 0 Å². The van der Waals surface area contributed by atoms with Crippen molar-refractivity contribution in [2.75, 3.05) is 24.6 Å². The van der Waals surface area contributed by atoms with E-state index in [1.54, 1.807) is 0 Å². The van der Waals surface area contributed by atoms with Crippen LogP contribution in [0.25, 0.3) is 0 Å². The Kier molecular flexibility index (Phi) is 7.23. The summed E-state index contributed by atoms with van der Waals surface area (Å²) in [4.78, 5) is 21.6. The van der Waals surface area contributed by atoms with E-state index in [1.807, 2.05) is 0 Å². The smallest absolute Gasteiger partial charge is 0.303 e. The number of primary amides is 1. The van der Waals surface area contributed by atoms with Crippen LogP contribution in [0.5, 0.6) is 0 Å². The molecular formula is C13H24N2O3S. The van der Waals surface area contributed by atoms with E-state index in [2.05, 4.69) is 5.32 Å². The van der Waals surface area contributed by atoms with Crippen LogP contribution in [0.1, 0.15) is 38.5 Å². The first-order valence-corrected chi connectivity index (χ1v) is 7.98. The van der Waals surface area contributed by atoms with Gasteiger partial charge in [0.2, 0.25) is 5.91 Å². The van der Waals surface area contributed by atoms with Crippen molar-refractivity contribution in [1.82, 2.24) is 5.32 Å². The van der Waals surface area contributed by atoms with Crippen LogP contribution in [-0.4, -0.2) is 41.6 Å². The fourth-order valence-corrected chi connectivity index (χ4v) is 3.34. The maximum atomic E-state index is 11.0. The molecule has 0 aliphatic heterocycles. The molecule has 0 radical (unpaired) electrons. The topological polar surface area (TPSA) is 92.4 Å². The fraction of sp³-hybridized carbons (Fsp3) is 0.846. The van der Waals surface area contributed by atoms with E-state index in [0.717, 1.165) is 44.5 Å². The van der Waals surface area contributed by atoms with Crippen molar-refractivity contribution in [2.24, 2.45) is 11.1 Å². The van der Waals surface area contributed by atoms with Gasteiger partial charge in [-0.1, -0.05) is 19.3 Å². The highest BCUT2D eigenvalue weighted by Crippen LogP contribution is 2.38. The number of nitrogens with one attached hydrogen (secondary N) is 1. The number of hydrogen-bond acceptors (Lipinski definition) is 4. The molecule has 5 nitrogen and oxygen atoms in total. The molecule has 0 aromatic heterocycles. The van der Waals surface area contributed by atoms with Gasteiger partial charge >= 0.3 is 5.97 Å². The van der Waals surface area contributed by atoms with Crippen LogP contribution in [0.15, 0.2) is 0 Å². The molecule has 1 aliphatic rings. The Morgan fingerprint density at radius 2 is 1.95 bits per heavy atom. The van der Waals surface area contributed by atoms with Crippen molar-refractivity contribution in [3.05, 3.63) is 0 Å². The molecule has 1 aliphatic carbocycles. The van der Waals surface area contributed by atoms with E-state index < -0.39 is 5.97 Å². The molecule has 19 heavy (non-hydrogen) atoms. The van der Waals surface area contributed by atoms with Crippen LogP contribution in [0.3, 0.4) is 0 Å². The van der Waals surface area contributed by atoms with Crippen LogP contribution in [0, 0.1) is 5.41 Å². The second kappa shape index (κ2) is 8.43. The number of aliphatic carboxylic acids is 1. The first-order valence-electron chi connectivity index (χ1n) is 6.83. The average Bonchev–Trinajstić information content (AvgIpc) is 2.33. The number of thioether (sulfide) groups is 1. The Labute approximate surface area is 118 Å². The molecule has 0 aromatic carbocycles. The predicted molar refractivity (Wildman–Crippen MR) is 77.2 cm³/mol. The molecule has 1 amide bonds. The van der Waals surface area contributed by atoms with E-state index in [1.165, 1.54) is 18.2 Å². The minimum Gasteiger partial charge on any atom is -0.481 e. The number of carbonyl (C=O) groups excluding carboxylic acids is 1. The van der Waals surface area contributed by atoms with Crippen LogP contribution < -0.4 is 11.1 Å². The lowest BCUT2D eigenvalue weighted by Gasteiger charge is -2.36. The summed E-state index contributed by atoms with van der Waals surface area (Å²) in [7, 11) is 0. The second-order valence-electron chi connectivity index (χ2n) is 5.33. The fourth-order valence-electron chi connectivity index (χ4n) is 2.71. The first-order chi connectivity index (χ1) is 9.04. The van der Waals surface area contributed by atoms with Gasteiger partial charge in [-0.15, -0.1) is 0 Å². The summed E-state index contributed by atoms with van der Waals surface area (Å²) in [5.74, 6) is 0.181. The van der Waals surface area contributed by atoms with Crippen molar-refractivity contribution in [1.29, 1.82) is 0 Å². The molecule has 0 saturated heterocycles. The molecule has 0 unspecified atom stereocenters. The Bertz CT molecular complexity index is 304. The average molecular weight is 288 g/mol. The summed E-state index contributed by atoms with van der Waals surface area (Å²) in [5, 5.41) is 12.4. The summed E-state index contributed by atoms with van der Waals surface area (Å²) in [5.41, 5.74) is 4.98. The predicted octanol–water partition coefficient (Wildman–Crippen LogP) is 1.22. The molecule has 6 heteroatoms. The molecule has 4 N–H and O–H groups in total. The van der Waals surface area contributed by atoms with Gasteiger partial charge in [0.25, 0.3) is 0 Å². The highest BCUT2D eigenvalue weighted by atomic mass is 32.2. The Hall–Kier alpha value is -0.750. The van der Waals surface area contributed by atoms with Gasteiger partial charge in [-0.3, -0.25) is 9.59 Å². The van der Waals surface area contributed by atoms with E-state index >= 15 is 0 Å². The maximum Gasteiger partial charge on any atom is 0.303 e. The third kappa shape index (κ3) is 6.82.